The molecule has 0 unspecified atom stereocenters. The maximum absolute atomic E-state index is 11.1. The summed E-state index contributed by atoms with van der Waals surface area (Å²) >= 11 is 4.94. The molecule has 0 aliphatic heterocycles. The minimum absolute atomic E-state index is 0.120. The second-order valence-corrected chi connectivity index (χ2v) is 5.77. The van der Waals surface area contributed by atoms with Crippen LogP contribution in [0.25, 0.3) is 10.4 Å². The van der Waals surface area contributed by atoms with Crippen LogP contribution in [0.3, 0.4) is 0 Å². The highest BCUT2D eigenvalue weighted by atomic mass is 79.9. The summed E-state index contributed by atoms with van der Waals surface area (Å²) in [7, 11) is 0. The van der Waals surface area contributed by atoms with Gasteiger partial charge >= 0.3 is 0 Å². The van der Waals surface area contributed by atoms with E-state index in [1.54, 1.807) is 23.7 Å². The van der Waals surface area contributed by atoms with Crippen LogP contribution in [0.4, 0.5) is 5.13 Å². The van der Waals surface area contributed by atoms with Crippen molar-refractivity contribution in [1.82, 2.24) is 9.97 Å². The number of rotatable bonds is 3. The van der Waals surface area contributed by atoms with Gasteiger partial charge in [-0.1, -0.05) is 11.3 Å². The van der Waals surface area contributed by atoms with Gasteiger partial charge in [0.25, 0.3) is 0 Å². The van der Waals surface area contributed by atoms with E-state index in [1.165, 1.54) is 6.07 Å². The Morgan fingerprint density at radius 1 is 1.53 bits per heavy atom. The Kier molecular flexibility index (Phi) is 3.63. The minimum atomic E-state index is -0.120. The molecule has 2 aromatic rings. The van der Waals surface area contributed by atoms with Crippen molar-refractivity contribution in [2.24, 2.45) is 0 Å². The van der Waals surface area contributed by atoms with Crippen LogP contribution in [0.2, 0.25) is 0 Å². The summed E-state index contributed by atoms with van der Waals surface area (Å²) < 4.78 is 0.779. The summed E-state index contributed by atoms with van der Waals surface area (Å²) in [4.78, 5) is 19.1. The predicted molar refractivity (Wildman–Crippen MR) is 74.6 cm³/mol. The van der Waals surface area contributed by atoms with Crippen molar-refractivity contribution in [3.63, 3.8) is 0 Å². The van der Waals surface area contributed by atoms with Gasteiger partial charge in [-0.3, -0.25) is 4.79 Å². The number of hydrogen-bond acceptors (Lipinski definition) is 4. The molecular weight excluding hydrogens is 302 g/mol. The molecule has 2 heterocycles. The highest BCUT2D eigenvalue weighted by Crippen LogP contribution is 2.32. The Morgan fingerprint density at radius 2 is 2.29 bits per heavy atom. The van der Waals surface area contributed by atoms with Gasteiger partial charge in [-0.2, -0.15) is 0 Å². The molecule has 0 fully saturated rings. The molecule has 90 valence electrons. The predicted octanol–water partition coefficient (Wildman–Crippen LogP) is 3.08. The molecule has 0 aliphatic rings. The SMILES string of the molecule is CC(C)Nc1ncc(-c2c[nH]c(=O)cc2Br)s1. The van der Waals surface area contributed by atoms with Crippen LogP contribution >= 0.6 is 27.3 Å². The molecule has 0 amide bonds. The monoisotopic (exact) mass is 313 g/mol. The van der Waals surface area contributed by atoms with E-state index in [9.17, 15) is 4.79 Å². The van der Waals surface area contributed by atoms with E-state index in [-0.39, 0.29) is 5.56 Å². The van der Waals surface area contributed by atoms with Crippen molar-refractivity contribution in [1.29, 1.82) is 0 Å². The van der Waals surface area contributed by atoms with E-state index in [2.05, 4.69) is 45.1 Å². The molecule has 0 atom stereocenters. The van der Waals surface area contributed by atoms with Gasteiger partial charge in [0.1, 0.15) is 0 Å². The lowest BCUT2D eigenvalue weighted by atomic mass is 10.2. The van der Waals surface area contributed by atoms with E-state index >= 15 is 0 Å². The molecule has 2 rings (SSSR count). The summed E-state index contributed by atoms with van der Waals surface area (Å²) in [6.07, 6.45) is 3.49. The fourth-order valence-corrected chi connectivity index (χ4v) is 3.01. The Labute approximate surface area is 111 Å². The number of pyridine rings is 1. The summed E-state index contributed by atoms with van der Waals surface area (Å²) in [5.41, 5.74) is 0.824. The Balaban J connectivity index is 2.33. The van der Waals surface area contributed by atoms with Gasteiger partial charge in [0.15, 0.2) is 5.13 Å². The zero-order valence-electron chi connectivity index (χ0n) is 9.45. The van der Waals surface area contributed by atoms with Crippen LogP contribution in [0, 0.1) is 0 Å². The largest absolute Gasteiger partial charge is 0.359 e. The molecule has 6 heteroatoms. The molecule has 0 saturated heterocycles. The van der Waals surface area contributed by atoms with Gasteiger partial charge in [0.05, 0.1) is 4.88 Å². The molecule has 2 aromatic heterocycles. The van der Waals surface area contributed by atoms with E-state index in [4.69, 9.17) is 0 Å². The molecule has 2 N–H and O–H groups in total. The molecule has 4 nitrogen and oxygen atoms in total. The first-order valence-corrected chi connectivity index (χ1v) is 6.78. The van der Waals surface area contributed by atoms with Gasteiger partial charge in [-0.25, -0.2) is 4.98 Å². The smallest absolute Gasteiger partial charge is 0.249 e. The fourth-order valence-electron chi connectivity index (χ4n) is 1.35. The fraction of sp³-hybridized carbons (Fsp3) is 0.273. The Hall–Kier alpha value is -1.14. The first kappa shape index (κ1) is 12.3. The van der Waals surface area contributed by atoms with Crippen LogP contribution in [-0.2, 0) is 0 Å². The summed E-state index contributed by atoms with van der Waals surface area (Å²) in [6.45, 7) is 4.13. The number of halogens is 1. The van der Waals surface area contributed by atoms with Gasteiger partial charge in [0.2, 0.25) is 5.56 Å². The lowest BCUT2D eigenvalue weighted by Crippen LogP contribution is -2.08. The van der Waals surface area contributed by atoms with Crippen molar-refractivity contribution < 1.29 is 0 Å². The molecule has 0 saturated carbocycles. The zero-order valence-corrected chi connectivity index (χ0v) is 11.9. The molecular formula is C11H12BrN3OS. The van der Waals surface area contributed by atoms with Crippen molar-refractivity contribution in [2.45, 2.75) is 19.9 Å². The Morgan fingerprint density at radius 3 is 2.94 bits per heavy atom. The van der Waals surface area contributed by atoms with E-state index in [0.29, 0.717) is 6.04 Å². The average Bonchev–Trinajstić information content (AvgIpc) is 2.65. The number of nitrogens with zero attached hydrogens (tertiary/aromatic N) is 1. The number of nitrogens with one attached hydrogen (secondary N) is 2. The van der Waals surface area contributed by atoms with E-state index in [0.717, 1.165) is 20.0 Å². The number of aromatic amines is 1. The topological polar surface area (TPSA) is 57.8 Å². The van der Waals surface area contributed by atoms with Crippen LogP contribution < -0.4 is 10.9 Å². The number of aromatic nitrogens is 2. The maximum Gasteiger partial charge on any atom is 0.249 e. The summed E-state index contributed by atoms with van der Waals surface area (Å²) in [5.74, 6) is 0. The number of anilines is 1. The molecule has 0 bridgehead atoms. The number of H-pyrrole nitrogens is 1. The van der Waals surface area contributed by atoms with Gasteiger partial charge < -0.3 is 10.3 Å². The van der Waals surface area contributed by atoms with Gasteiger partial charge in [-0.05, 0) is 29.8 Å². The molecule has 17 heavy (non-hydrogen) atoms. The zero-order chi connectivity index (χ0) is 12.4. The van der Waals surface area contributed by atoms with Gasteiger partial charge in [-0.15, -0.1) is 0 Å². The average molecular weight is 314 g/mol. The third-order valence-electron chi connectivity index (χ3n) is 2.06. The second kappa shape index (κ2) is 5.01. The van der Waals surface area contributed by atoms with E-state index < -0.39 is 0 Å². The molecule has 0 aromatic carbocycles. The molecule has 0 spiro atoms. The van der Waals surface area contributed by atoms with Crippen LogP contribution in [0.1, 0.15) is 13.8 Å². The molecule has 0 radical (unpaired) electrons. The van der Waals surface area contributed by atoms with Crippen LogP contribution in [-0.4, -0.2) is 16.0 Å². The van der Waals surface area contributed by atoms with Crippen LogP contribution in [0.15, 0.2) is 27.7 Å². The van der Waals surface area contributed by atoms with Crippen molar-refractivity contribution >= 4 is 32.4 Å². The first-order valence-electron chi connectivity index (χ1n) is 5.17. The maximum atomic E-state index is 11.1. The van der Waals surface area contributed by atoms with Gasteiger partial charge in [0, 0.05) is 34.5 Å². The number of hydrogen-bond donors (Lipinski definition) is 2. The second-order valence-electron chi connectivity index (χ2n) is 3.89. The normalized spacial score (nSPS) is 10.8. The minimum Gasteiger partial charge on any atom is -0.359 e. The third kappa shape index (κ3) is 2.95. The lowest BCUT2D eigenvalue weighted by Gasteiger charge is -2.04. The summed E-state index contributed by atoms with van der Waals surface area (Å²) in [6, 6.07) is 1.87. The first-order chi connectivity index (χ1) is 8.06. The highest BCUT2D eigenvalue weighted by molar-refractivity contribution is 9.10. The molecule has 0 aliphatic carbocycles. The lowest BCUT2D eigenvalue weighted by molar-refractivity contribution is 0.896. The Bertz CT molecular complexity index is 576. The quantitative estimate of drug-likeness (QED) is 0.915. The number of thiazole rings is 1. The van der Waals surface area contributed by atoms with Crippen LogP contribution in [0.5, 0.6) is 0 Å². The highest BCUT2D eigenvalue weighted by Gasteiger charge is 2.08. The summed E-state index contributed by atoms with van der Waals surface area (Å²) in [5, 5.41) is 4.13. The van der Waals surface area contributed by atoms with Crippen molar-refractivity contribution in [3.8, 4) is 10.4 Å². The van der Waals surface area contributed by atoms with E-state index in [1.807, 2.05) is 0 Å². The standard InChI is InChI=1S/C11H12BrN3OS/c1-6(2)15-11-14-5-9(17-11)7-4-13-10(16)3-8(7)12/h3-6H,1-2H3,(H,13,16)(H,14,15). The third-order valence-corrected chi connectivity index (χ3v) is 3.68. The van der Waals surface area contributed by atoms with Crippen molar-refractivity contribution in [3.05, 3.63) is 33.3 Å². The van der Waals surface area contributed by atoms with Crippen molar-refractivity contribution in [2.75, 3.05) is 5.32 Å².